The van der Waals surface area contributed by atoms with E-state index < -0.39 is 0 Å². The lowest BCUT2D eigenvalue weighted by Gasteiger charge is -2.09. The lowest BCUT2D eigenvalue weighted by molar-refractivity contribution is 0.0950. The van der Waals surface area contributed by atoms with Crippen LogP contribution in [0.4, 0.5) is 11.6 Å². The molecule has 0 aliphatic heterocycles. The number of nitrogens with zero attached hydrogens (tertiary/aromatic N) is 2. The Balaban J connectivity index is 1.62. The van der Waals surface area contributed by atoms with Crippen molar-refractivity contribution in [2.75, 3.05) is 5.32 Å². The third kappa shape index (κ3) is 4.64. The van der Waals surface area contributed by atoms with Crippen molar-refractivity contribution in [3.05, 3.63) is 82.1 Å². The number of anilines is 2. The van der Waals surface area contributed by atoms with Crippen molar-refractivity contribution in [3.63, 3.8) is 0 Å². The molecule has 25 heavy (non-hydrogen) atoms. The summed E-state index contributed by atoms with van der Waals surface area (Å²) in [5.41, 5.74) is 3.46. The van der Waals surface area contributed by atoms with Gasteiger partial charge in [-0.1, -0.05) is 46.3 Å². The molecule has 0 atom stereocenters. The molecule has 0 unspecified atom stereocenters. The van der Waals surface area contributed by atoms with Gasteiger partial charge in [-0.05, 0) is 36.2 Å². The van der Waals surface area contributed by atoms with Crippen LogP contribution < -0.4 is 10.6 Å². The van der Waals surface area contributed by atoms with Crippen molar-refractivity contribution in [3.8, 4) is 0 Å². The lowest BCUT2D eigenvalue weighted by Crippen LogP contribution is -2.23. The first kappa shape index (κ1) is 17.1. The molecule has 0 fully saturated rings. The molecule has 0 saturated heterocycles. The molecule has 2 aromatic carbocycles. The minimum Gasteiger partial charge on any atom is -0.348 e. The van der Waals surface area contributed by atoms with E-state index in [4.69, 9.17) is 0 Å². The quantitative estimate of drug-likeness (QED) is 0.677. The van der Waals surface area contributed by atoms with Gasteiger partial charge in [-0.25, -0.2) is 9.97 Å². The molecule has 0 aliphatic rings. The van der Waals surface area contributed by atoms with Crippen molar-refractivity contribution < 1.29 is 4.79 Å². The molecule has 0 radical (unpaired) electrons. The second-order valence-corrected chi connectivity index (χ2v) is 6.46. The SMILES string of the molecule is Cc1cc(Br)ccc1Nc1ncc(C(=O)NCc2ccccc2)cn1. The summed E-state index contributed by atoms with van der Waals surface area (Å²) in [6.45, 7) is 2.47. The highest BCUT2D eigenvalue weighted by molar-refractivity contribution is 9.10. The van der Waals surface area contributed by atoms with E-state index in [9.17, 15) is 4.79 Å². The zero-order valence-electron chi connectivity index (χ0n) is 13.7. The summed E-state index contributed by atoms with van der Waals surface area (Å²) in [5.74, 6) is 0.250. The number of halogens is 1. The topological polar surface area (TPSA) is 66.9 Å². The zero-order valence-corrected chi connectivity index (χ0v) is 15.2. The predicted octanol–water partition coefficient (Wildman–Crippen LogP) is 4.22. The summed E-state index contributed by atoms with van der Waals surface area (Å²) < 4.78 is 1.02. The van der Waals surface area contributed by atoms with Gasteiger partial charge in [0.25, 0.3) is 5.91 Å². The molecule has 3 rings (SSSR count). The van der Waals surface area contributed by atoms with Crippen molar-refractivity contribution in [1.82, 2.24) is 15.3 Å². The second kappa shape index (κ2) is 7.90. The number of nitrogens with one attached hydrogen (secondary N) is 2. The number of benzene rings is 2. The number of carbonyl (C=O) groups is 1. The Morgan fingerprint density at radius 2 is 1.80 bits per heavy atom. The Labute approximate surface area is 154 Å². The van der Waals surface area contributed by atoms with Gasteiger partial charge in [-0.15, -0.1) is 0 Å². The van der Waals surface area contributed by atoms with Gasteiger partial charge in [0.05, 0.1) is 5.56 Å². The molecule has 2 N–H and O–H groups in total. The Bertz CT molecular complexity index is 866. The Kier molecular flexibility index (Phi) is 5.40. The summed E-state index contributed by atoms with van der Waals surface area (Å²) in [6.07, 6.45) is 3.04. The molecule has 1 heterocycles. The third-order valence-electron chi connectivity index (χ3n) is 3.64. The second-order valence-electron chi connectivity index (χ2n) is 5.55. The van der Waals surface area contributed by atoms with Crippen LogP contribution >= 0.6 is 15.9 Å². The van der Waals surface area contributed by atoms with Gasteiger partial charge in [0.15, 0.2) is 0 Å². The van der Waals surface area contributed by atoms with Crippen molar-refractivity contribution >= 4 is 33.5 Å². The maximum Gasteiger partial charge on any atom is 0.254 e. The van der Waals surface area contributed by atoms with Crippen LogP contribution in [-0.2, 0) is 6.54 Å². The van der Waals surface area contributed by atoms with Crippen LogP contribution in [0.2, 0.25) is 0 Å². The van der Waals surface area contributed by atoms with Gasteiger partial charge in [0.2, 0.25) is 5.95 Å². The minimum atomic E-state index is -0.199. The van der Waals surface area contributed by atoms with Crippen LogP contribution in [-0.4, -0.2) is 15.9 Å². The van der Waals surface area contributed by atoms with Crippen LogP contribution in [0, 0.1) is 6.92 Å². The van der Waals surface area contributed by atoms with E-state index in [0.717, 1.165) is 21.3 Å². The first-order valence-corrected chi connectivity index (χ1v) is 8.58. The molecule has 0 saturated carbocycles. The molecule has 1 aromatic heterocycles. The summed E-state index contributed by atoms with van der Waals surface area (Å²) in [5, 5.41) is 6.00. The summed E-state index contributed by atoms with van der Waals surface area (Å²) >= 11 is 3.44. The Morgan fingerprint density at radius 3 is 2.48 bits per heavy atom. The molecule has 6 heteroatoms. The highest BCUT2D eigenvalue weighted by Gasteiger charge is 2.08. The first-order valence-electron chi connectivity index (χ1n) is 7.79. The standard InChI is InChI=1S/C19H17BrN4O/c1-13-9-16(20)7-8-17(13)24-19-22-11-15(12-23-19)18(25)21-10-14-5-3-2-4-6-14/h2-9,11-12H,10H2,1H3,(H,21,25)(H,22,23,24). The largest absolute Gasteiger partial charge is 0.348 e. The fourth-order valence-electron chi connectivity index (χ4n) is 2.28. The number of carbonyl (C=O) groups excluding carboxylic acids is 1. The predicted molar refractivity (Wildman–Crippen MR) is 102 cm³/mol. The molecule has 0 bridgehead atoms. The van der Waals surface area contributed by atoms with Gasteiger partial charge < -0.3 is 10.6 Å². The highest BCUT2D eigenvalue weighted by Crippen LogP contribution is 2.22. The highest BCUT2D eigenvalue weighted by atomic mass is 79.9. The van der Waals surface area contributed by atoms with E-state index in [1.807, 2.05) is 55.5 Å². The van der Waals surface area contributed by atoms with Crippen LogP contribution in [0.5, 0.6) is 0 Å². The fourth-order valence-corrected chi connectivity index (χ4v) is 2.75. The van der Waals surface area contributed by atoms with Crippen molar-refractivity contribution in [2.24, 2.45) is 0 Å². The van der Waals surface area contributed by atoms with Crippen molar-refractivity contribution in [1.29, 1.82) is 0 Å². The van der Waals surface area contributed by atoms with E-state index >= 15 is 0 Å². The van der Waals surface area contributed by atoms with Gasteiger partial charge >= 0.3 is 0 Å². The smallest absolute Gasteiger partial charge is 0.254 e. The average Bonchev–Trinajstić information content (AvgIpc) is 2.63. The molecule has 5 nitrogen and oxygen atoms in total. The van der Waals surface area contributed by atoms with E-state index in [1.54, 1.807) is 0 Å². The van der Waals surface area contributed by atoms with Gasteiger partial charge in [-0.2, -0.15) is 0 Å². The molecule has 3 aromatic rings. The molecular formula is C19H17BrN4O. The van der Waals surface area contributed by atoms with Crippen molar-refractivity contribution in [2.45, 2.75) is 13.5 Å². The third-order valence-corrected chi connectivity index (χ3v) is 4.14. The summed E-state index contributed by atoms with van der Waals surface area (Å²) in [6, 6.07) is 15.6. The Hall–Kier alpha value is -2.73. The minimum absolute atomic E-state index is 0.199. The summed E-state index contributed by atoms with van der Waals surface area (Å²) in [4.78, 5) is 20.6. The molecule has 0 spiro atoms. The number of rotatable bonds is 5. The molecular weight excluding hydrogens is 380 g/mol. The molecule has 126 valence electrons. The van der Waals surface area contributed by atoms with Crippen LogP contribution in [0.1, 0.15) is 21.5 Å². The maximum absolute atomic E-state index is 12.2. The van der Waals surface area contributed by atoms with E-state index in [0.29, 0.717) is 18.1 Å². The fraction of sp³-hybridized carbons (Fsp3) is 0.105. The monoisotopic (exact) mass is 396 g/mol. The molecule has 1 amide bonds. The molecule has 0 aliphatic carbocycles. The number of aromatic nitrogens is 2. The average molecular weight is 397 g/mol. The number of amides is 1. The van der Waals surface area contributed by atoms with E-state index in [-0.39, 0.29) is 5.91 Å². The first-order chi connectivity index (χ1) is 12.1. The van der Waals surface area contributed by atoms with Gasteiger partial charge in [-0.3, -0.25) is 4.79 Å². The normalized spacial score (nSPS) is 10.3. The van der Waals surface area contributed by atoms with Gasteiger partial charge in [0, 0.05) is 29.1 Å². The summed E-state index contributed by atoms with van der Waals surface area (Å²) in [7, 11) is 0. The van der Waals surface area contributed by atoms with E-state index in [2.05, 4.69) is 36.5 Å². The number of aryl methyl sites for hydroxylation is 1. The number of hydrogen-bond acceptors (Lipinski definition) is 4. The van der Waals surface area contributed by atoms with Gasteiger partial charge in [0.1, 0.15) is 0 Å². The Morgan fingerprint density at radius 1 is 1.08 bits per heavy atom. The zero-order chi connectivity index (χ0) is 17.6. The van der Waals surface area contributed by atoms with E-state index in [1.165, 1.54) is 12.4 Å². The lowest BCUT2D eigenvalue weighted by atomic mass is 10.2. The van der Waals surface area contributed by atoms with Crippen LogP contribution in [0.25, 0.3) is 0 Å². The maximum atomic E-state index is 12.2. The van der Waals surface area contributed by atoms with Crippen LogP contribution in [0.3, 0.4) is 0 Å². The van der Waals surface area contributed by atoms with Crippen LogP contribution in [0.15, 0.2) is 65.4 Å². The number of hydrogen-bond donors (Lipinski definition) is 2.